The lowest BCUT2D eigenvalue weighted by atomic mass is 10.1. The Labute approximate surface area is 101 Å². The van der Waals surface area contributed by atoms with E-state index < -0.39 is 0 Å². The van der Waals surface area contributed by atoms with Gasteiger partial charge in [-0.15, -0.1) is 0 Å². The molecule has 1 aromatic rings. The predicted octanol–water partition coefficient (Wildman–Crippen LogP) is 3.48. The zero-order valence-corrected chi connectivity index (χ0v) is 10.5. The van der Waals surface area contributed by atoms with Gasteiger partial charge in [-0.3, -0.25) is 0 Å². The van der Waals surface area contributed by atoms with E-state index in [-0.39, 0.29) is 5.75 Å². The Bertz CT molecular complexity index is 420. The van der Waals surface area contributed by atoms with E-state index in [0.717, 1.165) is 16.0 Å². The highest BCUT2D eigenvalue weighted by molar-refractivity contribution is 8.10. The van der Waals surface area contributed by atoms with Crippen LogP contribution in [-0.2, 0) is 6.54 Å². The van der Waals surface area contributed by atoms with Gasteiger partial charge in [0.05, 0.1) is 0 Å². The molecule has 0 aliphatic heterocycles. The van der Waals surface area contributed by atoms with Crippen LogP contribution in [0.3, 0.4) is 0 Å². The molecule has 0 unspecified atom stereocenters. The smallest absolute Gasteiger partial charge is 0.120 e. The third-order valence-electron chi connectivity index (χ3n) is 2.22. The molecule has 0 aliphatic rings. The van der Waals surface area contributed by atoms with Crippen molar-refractivity contribution in [3.8, 4) is 5.75 Å². The molecular formula is C13H17NOS. The summed E-state index contributed by atoms with van der Waals surface area (Å²) in [4.78, 5) is 1.12. The number of rotatable bonds is 4. The molecule has 2 nitrogen and oxygen atoms in total. The Hall–Kier alpha value is -1.19. The van der Waals surface area contributed by atoms with Crippen molar-refractivity contribution in [3.63, 3.8) is 0 Å². The van der Waals surface area contributed by atoms with Crippen LogP contribution in [0.25, 0.3) is 4.91 Å². The Kier molecular flexibility index (Phi) is 4.65. The van der Waals surface area contributed by atoms with E-state index in [1.165, 1.54) is 5.57 Å². The molecule has 1 aromatic carbocycles. The van der Waals surface area contributed by atoms with Crippen molar-refractivity contribution < 1.29 is 5.11 Å². The fraction of sp³-hybridized carbons (Fsp3) is 0.231. The number of phenols is 1. The van der Waals surface area contributed by atoms with E-state index >= 15 is 0 Å². The minimum Gasteiger partial charge on any atom is -0.508 e. The zero-order valence-electron chi connectivity index (χ0n) is 9.66. The first-order valence-electron chi connectivity index (χ1n) is 5.07. The Balaban J connectivity index is 3.17. The van der Waals surface area contributed by atoms with Crippen molar-refractivity contribution in [2.45, 2.75) is 20.4 Å². The van der Waals surface area contributed by atoms with Gasteiger partial charge in [-0.05, 0) is 30.9 Å². The quantitative estimate of drug-likeness (QED) is 0.840. The largest absolute Gasteiger partial charge is 0.508 e. The normalized spacial score (nSPS) is 9.94. The maximum Gasteiger partial charge on any atom is 0.120 e. The molecule has 0 fully saturated rings. The van der Waals surface area contributed by atoms with Crippen LogP contribution >= 0.6 is 11.8 Å². The van der Waals surface area contributed by atoms with Crippen molar-refractivity contribution in [1.82, 2.24) is 0 Å². The van der Waals surface area contributed by atoms with Gasteiger partial charge in [0.2, 0.25) is 0 Å². The number of hydrogen-bond acceptors (Lipinski definition) is 3. The van der Waals surface area contributed by atoms with Gasteiger partial charge in [-0.25, -0.2) is 0 Å². The monoisotopic (exact) mass is 235 g/mol. The van der Waals surface area contributed by atoms with Gasteiger partial charge < -0.3 is 10.8 Å². The van der Waals surface area contributed by atoms with Crippen LogP contribution in [0, 0.1) is 0 Å². The number of hydrogen-bond donors (Lipinski definition) is 2. The second-order valence-electron chi connectivity index (χ2n) is 3.66. The van der Waals surface area contributed by atoms with Gasteiger partial charge in [-0.1, -0.05) is 36.0 Å². The van der Waals surface area contributed by atoms with Gasteiger partial charge in [0, 0.05) is 17.0 Å². The van der Waals surface area contributed by atoms with E-state index in [2.05, 4.69) is 6.58 Å². The number of allylic oxidation sites excluding steroid dienone is 1. The summed E-state index contributed by atoms with van der Waals surface area (Å²) in [7, 11) is 0. The van der Waals surface area contributed by atoms with Crippen LogP contribution in [0.2, 0.25) is 0 Å². The first kappa shape index (κ1) is 12.9. The highest BCUT2D eigenvalue weighted by Gasteiger charge is 2.06. The van der Waals surface area contributed by atoms with E-state index in [9.17, 15) is 5.11 Å². The summed E-state index contributed by atoms with van der Waals surface area (Å²) in [6.07, 6.45) is 0. The molecule has 0 radical (unpaired) electrons. The molecule has 1 rings (SSSR count). The Morgan fingerprint density at radius 1 is 1.50 bits per heavy atom. The lowest BCUT2D eigenvalue weighted by molar-refractivity contribution is 0.468. The molecule has 0 saturated heterocycles. The zero-order chi connectivity index (χ0) is 12.1. The van der Waals surface area contributed by atoms with E-state index in [1.807, 2.05) is 26.0 Å². The lowest BCUT2D eigenvalue weighted by Gasteiger charge is -2.09. The summed E-state index contributed by atoms with van der Waals surface area (Å²) in [5.74, 6) is 0.253. The van der Waals surface area contributed by atoms with Crippen LogP contribution < -0.4 is 5.73 Å². The number of benzene rings is 1. The van der Waals surface area contributed by atoms with Crippen LogP contribution in [0.1, 0.15) is 25.0 Å². The molecule has 0 spiro atoms. The molecule has 0 aromatic heterocycles. The summed E-state index contributed by atoms with van der Waals surface area (Å²) in [5.41, 5.74) is 8.46. The molecule has 0 atom stereocenters. The maximum atomic E-state index is 9.75. The third kappa shape index (κ3) is 2.90. The molecule has 86 valence electrons. The van der Waals surface area contributed by atoms with Crippen molar-refractivity contribution in [3.05, 3.63) is 46.9 Å². The number of phenolic OH excluding ortho intramolecular Hbond substituents is 1. The van der Waals surface area contributed by atoms with Gasteiger partial charge in [0.25, 0.3) is 0 Å². The second kappa shape index (κ2) is 5.77. The molecular weight excluding hydrogens is 218 g/mol. The summed E-state index contributed by atoms with van der Waals surface area (Å²) < 4.78 is 0. The fourth-order valence-corrected chi connectivity index (χ4v) is 2.10. The average molecular weight is 235 g/mol. The molecule has 0 saturated carbocycles. The first-order chi connectivity index (χ1) is 7.60. The number of aromatic hydroxyl groups is 1. The van der Waals surface area contributed by atoms with E-state index in [1.54, 1.807) is 23.2 Å². The molecule has 0 aliphatic carbocycles. The Morgan fingerprint density at radius 2 is 2.19 bits per heavy atom. The van der Waals surface area contributed by atoms with Crippen molar-refractivity contribution in [1.29, 1.82) is 0 Å². The molecule has 16 heavy (non-hydrogen) atoms. The topological polar surface area (TPSA) is 46.2 Å². The molecule has 3 N–H and O–H groups in total. The van der Waals surface area contributed by atoms with Crippen molar-refractivity contribution in [2.24, 2.45) is 5.73 Å². The lowest BCUT2D eigenvalue weighted by Crippen LogP contribution is -1.96. The summed E-state index contributed by atoms with van der Waals surface area (Å²) in [6.45, 7) is 8.15. The highest BCUT2D eigenvalue weighted by atomic mass is 32.2. The molecule has 0 heterocycles. The summed E-state index contributed by atoms with van der Waals surface area (Å²) in [6, 6.07) is 5.58. The fourth-order valence-electron chi connectivity index (χ4n) is 1.44. The van der Waals surface area contributed by atoms with Crippen molar-refractivity contribution in [2.75, 3.05) is 0 Å². The first-order valence-corrected chi connectivity index (χ1v) is 5.95. The predicted molar refractivity (Wildman–Crippen MR) is 72.1 cm³/mol. The van der Waals surface area contributed by atoms with Crippen LogP contribution in [0.4, 0.5) is 0 Å². The third-order valence-corrected chi connectivity index (χ3v) is 3.27. The van der Waals surface area contributed by atoms with Crippen LogP contribution in [0.5, 0.6) is 5.75 Å². The SMILES string of the molecule is C=CSC(=C(C)C)c1ccc(CN)c(O)c1. The Morgan fingerprint density at radius 3 is 2.62 bits per heavy atom. The van der Waals surface area contributed by atoms with Gasteiger partial charge in [-0.2, -0.15) is 0 Å². The standard InChI is InChI=1S/C13H17NOS/c1-4-16-13(9(2)3)10-5-6-11(8-14)12(15)7-10/h4-7,15H,1,8,14H2,2-3H3. The summed E-state index contributed by atoms with van der Waals surface area (Å²) in [5, 5.41) is 11.5. The van der Waals surface area contributed by atoms with Crippen LogP contribution in [0.15, 0.2) is 35.8 Å². The van der Waals surface area contributed by atoms with Gasteiger partial charge in [0.1, 0.15) is 5.75 Å². The molecule has 0 amide bonds. The highest BCUT2D eigenvalue weighted by Crippen LogP contribution is 2.33. The van der Waals surface area contributed by atoms with E-state index in [0.29, 0.717) is 6.54 Å². The average Bonchev–Trinajstić information content (AvgIpc) is 2.25. The summed E-state index contributed by atoms with van der Waals surface area (Å²) >= 11 is 1.56. The minimum atomic E-state index is 0.253. The van der Waals surface area contributed by atoms with Gasteiger partial charge >= 0.3 is 0 Å². The minimum absolute atomic E-state index is 0.253. The van der Waals surface area contributed by atoms with Crippen LogP contribution in [-0.4, -0.2) is 5.11 Å². The van der Waals surface area contributed by atoms with Crippen molar-refractivity contribution >= 4 is 16.7 Å². The maximum absolute atomic E-state index is 9.75. The number of thioether (sulfide) groups is 1. The molecule has 3 heteroatoms. The number of nitrogens with two attached hydrogens (primary N) is 1. The van der Waals surface area contributed by atoms with E-state index in [4.69, 9.17) is 5.73 Å². The van der Waals surface area contributed by atoms with Gasteiger partial charge in [0.15, 0.2) is 0 Å². The molecule has 0 bridgehead atoms. The second-order valence-corrected chi connectivity index (χ2v) is 4.64.